The van der Waals surface area contributed by atoms with Gasteiger partial charge in [-0.3, -0.25) is 4.79 Å². The number of aryl methyl sites for hydroxylation is 1. The Morgan fingerprint density at radius 1 is 1.18 bits per heavy atom. The van der Waals surface area contributed by atoms with Crippen molar-refractivity contribution in [2.75, 3.05) is 24.6 Å². The molecule has 4 rings (SSSR count). The van der Waals surface area contributed by atoms with Gasteiger partial charge in [0.2, 0.25) is 10.0 Å². The summed E-state index contributed by atoms with van der Waals surface area (Å²) in [5.74, 6) is 5.28. The molecule has 1 aliphatic carbocycles. The number of fused-ring (bicyclic) bond motifs is 2. The summed E-state index contributed by atoms with van der Waals surface area (Å²) in [5.41, 5.74) is 1.88. The van der Waals surface area contributed by atoms with Crippen LogP contribution < -0.4 is 14.4 Å². The van der Waals surface area contributed by atoms with Crippen LogP contribution in [0.5, 0.6) is 5.75 Å². The Balaban J connectivity index is 1.68. The van der Waals surface area contributed by atoms with Gasteiger partial charge in [-0.2, -0.15) is 0 Å². The monoisotopic (exact) mass is 644 g/mol. The summed E-state index contributed by atoms with van der Waals surface area (Å²) in [4.78, 5) is 15.5. The number of benzene rings is 2. The molecule has 1 unspecified atom stereocenters. The third-order valence-corrected chi connectivity index (χ3v) is 11.6. The molecule has 0 aromatic heterocycles. The Kier molecular flexibility index (Phi) is 11.3. The highest BCUT2D eigenvalue weighted by molar-refractivity contribution is 7.90. The van der Waals surface area contributed by atoms with Crippen molar-refractivity contribution in [1.82, 2.24) is 4.72 Å². The predicted octanol–water partition coefficient (Wildman–Crippen LogP) is 5.33. The van der Waals surface area contributed by atoms with Crippen molar-refractivity contribution < 1.29 is 28.2 Å². The maximum absolute atomic E-state index is 13.3. The van der Waals surface area contributed by atoms with Crippen molar-refractivity contribution in [1.29, 1.82) is 0 Å². The lowest BCUT2D eigenvalue weighted by atomic mass is 9.65. The predicted molar refractivity (Wildman–Crippen MR) is 174 cm³/mol. The van der Waals surface area contributed by atoms with E-state index in [-0.39, 0.29) is 29.9 Å². The Hall–Kier alpha value is -2.77. The lowest BCUT2D eigenvalue weighted by molar-refractivity contribution is -0.0239. The molecule has 10 heteroatoms. The quantitative estimate of drug-likeness (QED) is 0.333. The molecule has 1 fully saturated rings. The number of aliphatic hydroxyl groups is 2. The molecule has 0 radical (unpaired) electrons. The van der Waals surface area contributed by atoms with Crippen LogP contribution in [0.15, 0.2) is 36.4 Å². The van der Waals surface area contributed by atoms with Gasteiger partial charge in [-0.25, -0.2) is 13.1 Å². The van der Waals surface area contributed by atoms with Gasteiger partial charge < -0.3 is 19.8 Å². The Morgan fingerprint density at radius 2 is 1.95 bits per heavy atom. The second-order valence-electron chi connectivity index (χ2n) is 12.4. The molecule has 3 N–H and O–H groups in total. The van der Waals surface area contributed by atoms with E-state index in [9.17, 15) is 23.4 Å². The number of carbonyl (C=O) groups excluding carboxylic acids is 1. The number of rotatable bonds is 8. The van der Waals surface area contributed by atoms with Crippen LogP contribution in [0.2, 0.25) is 5.02 Å². The van der Waals surface area contributed by atoms with Gasteiger partial charge in [0.1, 0.15) is 24.6 Å². The summed E-state index contributed by atoms with van der Waals surface area (Å²) in [6, 6.07) is 10.9. The lowest BCUT2D eigenvalue weighted by Crippen LogP contribution is -2.48. The molecular weight excluding hydrogens is 600 g/mol. The fourth-order valence-corrected chi connectivity index (χ4v) is 7.68. The molecule has 2 aromatic rings. The fraction of sp³-hybridized carbons (Fsp3) is 0.559. The number of sulfonamides is 1. The van der Waals surface area contributed by atoms with E-state index in [4.69, 9.17) is 16.3 Å². The summed E-state index contributed by atoms with van der Waals surface area (Å²) in [6.07, 6.45) is 5.03. The van der Waals surface area contributed by atoms with Crippen molar-refractivity contribution >= 4 is 33.2 Å². The summed E-state index contributed by atoms with van der Waals surface area (Å²) in [6.45, 7) is 8.38. The first-order valence-corrected chi connectivity index (χ1v) is 17.5. The van der Waals surface area contributed by atoms with E-state index in [1.54, 1.807) is 32.0 Å². The summed E-state index contributed by atoms with van der Waals surface area (Å²) in [5, 5.41) is 20.2. The summed E-state index contributed by atoms with van der Waals surface area (Å²) >= 11 is 6.31. The summed E-state index contributed by atoms with van der Waals surface area (Å²) in [7, 11) is -3.88. The second kappa shape index (κ2) is 14.6. The molecule has 2 aliphatic rings. The minimum Gasteiger partial charge on any atom is -0.487 e. The van der Waals surface area contributed by atoms with Crippen molar-refractivity contribution in [3.05, 3.63) is 58.1 Å². The van der Waals surface area contributed by atoms with Crippen LogP contribution in [-0.2, 0) is 23.1 Å². The van der Waals surface area contributed by atoms with E-state index in [1.165, 1.54) is 0 Å². The van der Waals surface area contributed by atoms with Crippen molar-refractivity contribution in [2.24, 2.45) is 17.8 Å². The largest absolute Gasteiger partial charge is 0.487 e. The Labute approximate surface area is 267 Å². The van der Waals surface area contributed by atoms with Crippen LogP contribution in [0.4, 0.5) is 5.69 Å². The van der Waals surface area contributed by atoms with Crippen LogP contribution in [-0.4, -0.2) is 55.1 Å². The summed E-state index contributed by atoms with van der Waals surface area (Å²) < 4.78 is 34.7. The van der Waals surface area contributed by atoms with Gasteiger partial charge in [-0.1, -0.05) is 49.8 Å². The number of nitrogens with zero attached hydrogens (tertiary/aromatic N) is 1. The molecule has 0 saturated heterocycles. The number of anilines is 1. The molecule has 1 amide bonds. The number of hydrogen-bond donors (Lipinski definition) is 3. The molecule has 1 aliphatic heterocycles. The zero-order valence-corrected chi connectivity index (χ0v) is 27.7. The smallest absolute Gasteiger partial charge is 0.264 e. The third-order valence-electron chi connectivity index (χ3n) is 9.42. The van der Waals surface area contributed by atoms with Gasteiger partial charge in [0, 0.05) is 29.6 Å². The molecule has 44 heavy (non-hydrogen) atoms. The van der Waals surface area contributed by atoms with Crippen molar-refractivity contribution in [3.63, 3.8) is 0 Å². The highest BCUT2D eigenvalue weighted by Crippen LogP contribution is 2.44. The van der Waals surface area contributed by atoms with Gasteiger partial charge in [0.25, 0.3) is 5.91 Å². The third kappa shape index (κ3) is 8.08. The van der Waals surface area contributed by atoms with E-state index in [2.05, 4.69) is 21.5 Å². The van der Waals surface area contributed by atoms with Crippen LogP contribution in [0.25, 0.3) is 0 Å². The minimum atomic E-state index is -3.88. The normalized spacial score (nSPS) is 21.4. The number of aliphatic hydroxyl groups excluding tert-OH is 1. The van der Waals surface area contributed by atoms with Crippen LogP contribution in [0.1, 0.15) is 81.3 Å². The van der Waals surface area contributed by atoms with Crippen molar-refractivity contribution in [3.8, 4) is 17.6 Å². The van der Waals surface area contributed by atoms with Gasteiger partial charge in [0.05, 0.1) is 10.9 Å². The van der Waals surface area contributed by atoms with Gasteiger partial charge in [-0.15, -0.1) is 0 Å². The van der Waals surface area contributed by atoms with E-state index >= 15 is 0 Å². The topological polar surface area (TPSA) is 116 Å². The number of ether oxygens (including phenoxy) is 1. The van der Waals surface area contributed by atoms with E-state index in [1.807, 2.05) is 32.0 Å². The van der Waals surface area contributed by atoms with Gasteiger partial charge in [0.15, 0.2) is 0 Å². The second-order valence-corrected chi connectivity index (χ2v) is 14.9. The number of carbonyl (C=O) groups is 1. The zero-order chi connectivity index (χ0) is 32.1. The van der Waals surface area contributed by atoms with E-state index in [0.29, 0.717) is 42.6 Å². The van der Waals surface area contributed by atoms with E-state index in [0.717, 1.165) is 43.2 Å². The maximum atomic E-state index is 13.3. The molecule has 5 atom stereocenters. The molecule has 1 heterocycles. The molecule has 240 valence electrons. The van der Waals surface area contributed by atoms with Crippen LogP contribution in [0, 0.1) is 29.6 Å². The number of halogens is 1. The first-order chi connectivity index (χ1) is 20.9. The number of nitrogens with one attached hydrogen (secondary N) is 1. The standard InChI is InChI=1S/C34H45ClN2O6S/c1-5-23(2)24(3)44(41,42)36-33(39)26-12-15-32-31(20-26)37(21-27-11-14-30(27)34(4,40)16-8-18-38)17-7-6-9-25-19-29(35)13-10-28(25)22-43-32/h10,12-13,15,19-20,23-24,27,30,38,40H,5-7,9,11,14,17-18,21-22H2,1-4H3,(H,36,39)/t23-,24+,27-,30+,34?/m0/s1. The fourth-order valence-electron chi connectivity index (χ4n) is 6.12. The molecule has 0 bridgehead atoms. The molecule has 2 aromatic carbocycles. The average Bonchev–Trinajstić information content (AvgIpc) is 3.00. The Bertz CT molecular complexity index is 1500. The maximum Gasteiger partial charge on any atom is 0.264 e. The van der Waals surface area contributed by atoms with Gasteiger partial charge >= 0.3 is 0 Å². The van der Waals surface area contributed by atoms with Crippen molar-refractivity contribution in [2.45, 2.75) is 83.7 Å². The van der Waals surface area contributed by atoms with Crippen LogP contribution >= 0.6 is 11.6 Å². The molecule has 0 spiro atoms. The SMILES string of the molecule is CC[C@H](C)[C@@H](C)S(=O)(=O)NC(=O)c1ccc2c(c1)N(C[C@@H]1CC[C@H]1C(C)(O)C#CCO)CCCCc1cc(Cl)ccc1CO2. The lowest BCUT2D eigenvalue weighted by Gasteiger charge is -2.46. The molecule has 1 saturated carbocycles. The van der Waals surface area contributed by atoms with Gasteiger partial charge in [-0.05, 0) is 99.2 Å². The first-order valence-electron chi connectivity index (χ1n) is 15.5. The zero-order valence-electron chi connectivity index (χ0n) is 26.1. The first kappa shape index (κ1) is 34.1. The highest BCUT2D eigenvalue weighted by atomic mass is 35.5. The van der Waals surface area contributed by atoms with Crippen LogP contribution in [0.3, 0.4) is 0 Å². The number of hydrogen-bond acceptors (Lipinski definition) is 7. The highest BCUT2D eigenvalue weighted by Gasteiger charge is 2.43. The Morgan fingerprint density at radius 3 is 2.64 bits per heavy atom. The average molecular weight is 645 g/mol. The van der Waals surface area contributed by atoms with E-state index < -0.39 is 26.8 Å². The minimum absolute atomic E-state index is 0.0748. The molecular formula is C34H45ClN2O6S. The molecule has 8 nitrogen and oxygen atoms in total. The number of amides is 1.